The topological polar surface area (TPSA) is 84.9 Å². The first-order valence-corrected chi connectivity index (χ1v) is 11.3. The number of sulfonamides is 1. The van der Waals surface area contributed by atoms with Gasteiger partial charge in [-0.2, -0.15) is 0 Å². The van der Waals surface area contributed by atoms with Gasteiger partial charge >= 0.3 is 0 Å². The van der Waals surface area contributed by atoms with Crippen molar-refractivity contribution < 1.29 is 22.7 Å². The largest absolute Gasteiger partial charge is 0.486 e. The van der Waals surface area contributed by atoms with E-state index in [0.29, 0.717) is 22.2 Å². The second-order valence-corrected chi connectivity index (χ2v) is 9.18. The van der Waals surface area contributed by atoms with E-state index in [2.05, 4.69) is 5.32 Å². The number of fused-ring (bicyclic) bond motifs is 1. The van der Waals surface area contributed by atoms with Crippen LogP contribution in [0.15, 0.2) is 42.5 Å². The van der Waals surface area contributed by atoms with Gasteiger partial charge in [-0.25, -0.2) is 8.42 Å². The molecule has 156 valence electrons. The molecular weight excluding hydrogens is 416 g/mol. The number of hydrogen-bond acceptors (Lipinski definition) is 5. The third kappa shape index (κ3) is 4.94. The van der Waals surface area contributed by atoms with Crippen molar-refractivity contribution >= 4 is 33.2 Å². The molecule has 0 bridgehead atoms. The van der Waals surface area contributed by atoms with E-state index in [4.69, 9.17) is 21.1 Å². The maximum absolute atomic E-state index is 12.7. The number of anilines is 1. The minimum Gasteiger partial charge on any atom is -0.486 e. The van der Waals surface area contributed by atoms with Gasteiger partial charge in [0.05, 0.1) is 18.5 Å². The fourth-order valence-electron chi connectivity index (χ4n) is 3.05. The Balaban J connectivity index is 1.69. The molecule has 1 aliphatic heterocycles. The molecule has 0 saturated heterocycles. The molecular formula is C20H23ClN2O5S. The first-order valence-electron chi connectivity index (χ1n) is 9.08. The van der Waals surface area contributed by atoms with Crippen LogP contribution in [0, 0.1) is 6.92 Å². The molecule has 29 heavy (non-hydrogen) atoms. The second kappa shape index (κ2) is 8.51. The van der Waals surface area contributed by atoms with E-state index >= 15 is 0 Å². The van der Waals surface area contributed by atoms with Crippen molar-refractivity contribution in [1.82, 2.24) is 5.32 Å². The number of benzene rings is 2. The molecule has 0 spiro atoms. The van der Waals surface area contributed by atoms with Crippen LogP contribution < -0.4 is 19.1 Å². The van der Waals surface area contributed by atoms with E-state index in [1.54, 1.807) is 18.2 Å². The molecule has 0 aliphatic carbocycles. The van der Waals surface area contributed by atoms with Crippen molar-refractivity contribution in [3.8, 4) is 11.5 Å². The van der Waals surface area contributed by atoms with Gasteiger partial charge in [0.25, 0.3) is 0 Å². The monoisotopic (exact) mass is 438 g/mol. The molecule has 2 atom stereocenters. The van der Waals surface area contributed by atoms with Gasteiger partial charge in [-0.05, 0) is 43.7 Å². The molecule has 0 radical (unpaired) electrons. The lowest BCUT2D eigenvalue weighted by Gasteiger charge is -2.30. The highest BCUT2D eigenvalue weighted by Crippen LogP contribution is 2.31. The molecule has 1 N–H and O–H groups in total. The minimum absolute atomic E-state index is 0.184. The first kappa shape index (κ1) is 21.3. The van der Waals surface area contributed by atoms with Crippen LogP contribution >= 0.6 is 11.6 Å². The van der Waals surface area contributed by atoms with E-state index in [1.165, 1.54) is 13.0 Å². The Labute approximate surface area is 175 Å². The number of rotatable bonds is 6. The van der Waals surface area contributed by atoms with Gasteiger partial charge in [-0.15, -0.1) is 0 Å². The predicted octanol–water partition coefficient (Wildman–Crippen LogP) is 2.76. The third-order valence-electron chi connectivity index (χ3n) is 4.57. The standard InChI is InChI=1S/C20H23ClN2O5S/c1-13-8-9-15(10-17(13)21)23(29(3,25)26)14(2)20(24)22-11-16-12-27-18-6-4-5-7-19(18)28-16/h4-10,14,16H,11-12H2,1-3H3,(H,22,24)/t14-,16-/m1/s1. The number of amides is 1. The number of para-hydroxylation sites is 2. The molecule has 0 saturated carbocycles. The summed E-state index contributed by atoms with van der Waals surface area (Å²) in [6.45, 7) is 3.81. The van der Waals surface area contributed by atoms with Crippen molar-refractivity contribution in [2.75, 3.05) is 23.7 Å². The van der Waals surface area contributed by atoms with Crippen molar-refractivity contribution in [1.29, 1.82) is 0 Å². The fourth-order valence-corrected chi connectivity index (χ4v) is 4.39. The molecule has 1 amide bonds. The van der Waals surface area contributed by atoms with E-state index in [9.17, 15) is 13.2 Å². The van der Waals surface area contributed by atoms with Gasteiger partial charge in [0.15, 0.2) is 11.5 Å². The van der Waals surface area contributed by atoms with E-state index in [-0.39, 0.29) is 19.3 Å². The Morgan fingerprint density at radius 1 is 1.28 bits per heavy atom. The van der Waals surface area contributed by atoms with Gasteiger partial charge in [0, 0.05) is 5.02 Å². The predicted molar refractivity (Wildman–Crippen MR) is 112 cm³/mol. The summed E-state index contributed by atoms with van der Waals surface area (Å²) in [7, 11) is -3.72. The Morgan fingerprint density at radius 3 is 2.62 bits per heavy atom. The molecule has 1 aliphatic rings. The van der Waals surface area contributed by atoms with Crippen LogP contribution in [0.5, 0.6) is 11.5 Å². The molecule has 0 fully saturated rings. The van der Waals surface area contributed by atoms with Crippen LogP contribution in [-0.2, 0) is 14.8 Å². The molecule has 9 heteroatoms. The highest BCUT2D eigenvalue weighted by molar-refractivity contribution is 7.92. The Morgan fingerprint density at radius 2 is 1.97 bits per heavy atom. The van der Waals surface area contributed by atoms with Gasteiger partial charge in [-0.3, -0.25) is 9.10 Å². The average Bonchev–Trinajstić information content (AvgIpc) is 2.67. The summed E-state index contributed by atoms with van der Waals surface area (Å²) in [5, 5.41) is 3.17. The number of carbonyl (C=O) groups is 1. The maximum Gasteiger partial charge on any atom is 0.243 e. The highest BCUT2D eigenvalue weighted by Gasteiger charge is 2.30. The maximum atomic E-state index is 12.7. The van der Waals surface area contributed by atoms with E-state index in [0.717, 1.165) is 16.1 Å². The summed E-state index contributed by atoms with van der Waals surface area (Å²) in [6, 6.07) is 11.2. The molecule has 0 aromatic heterocycles. The number of nitrogens with zero attached hydrogens (tertiary/aromatic N) is 1. The zero-order chi connectivity index (χ0) is 21.2. The smallest absolute Gasteiger partial charge is 0.243 e. The zero-order valence-electron chi connectivity index (χ0n) is 16.4. The summed E-state index contributed by atoms with van der Waals surface area (Å²) < 4.78 is 37.2. The van der Waals surface area contributed by atoms with Gasteiger partial charge in [-0.1, -0.05) is 29.8 Å². The lowest BCUT2D eigenvalue weighted by atomic mass is 10.2. The van der Waals surface area contributed by atoms with Gasteiger partial charge in [0.1, 0.15) is 18.8 Å². The van der Waals surface area contributed by atoms with Crippen LogP contribution in [-0.4, -0.2) is 45.9 Å². The Bertz CT molecular complexity index is 1010. The number of ether oxygens (including phenoxy) is 2. The SMILES string of the molecule is Cc1ccc(N([C@H](C)C(=O)NC[C@@H]2COc3ccccc3O2)S(C)(=O)=O)cc1Cl. The molecule has 0 unspecified atom stereocenters. The molecule has 7 nitrogen and oxygen atoms in total. The first-order chi connectivity index (χ1) is 13.7. The minimum atomic E-state index is -3.72. The van der Waals surface area contributed by atoms with Crippen LogP contribution in [0.4, 0.5) is 5.69 Å². The number of nitrogens with one attached hydrogen (secondary N) is 1. The van der Waals surface area contributed by atoms with E-state index < -0.39 is 22.0 Å². The quantitative estimate of drug-likeness (QED) is 0.749. The molecule has 1 heterocycles. The molecule has 2 aromatic carbocycles. The number of aryl methyl sites for hydroxylation is 1. The van der Waals surface area contributed by atoms with Gasteiger partial charge < -0.3 is 14.8 Å². The summed E-state index contributed by atoms with van der Waals surface area (Å²) in [4.78, 5) is 12.7. The van der Waals surface area contributed by atoms with Crippen LogP contribution in [0.1, 0.15) is 12.5 Å². The van der Waals surface area contributed by atoms with Crippen molar-refractivity contribution in [2.24, 2.45) is 0 Å². The third-order valence-corrected chi connectivity index (χ3v) is 6.22. The normalized spacial score (nSPS) is 16.8. The van der Waals surface area contributed by atoms with Crippen molar-refractivity contribution in [3.05, 3.63) is 53.1 Å². The Kier molecular flexibility index (Phi) is 6.24. The summed E-state index contributed by atoms with van der Waals surface area (Å²) in [5.41, 5.74) is 1.15. The van der Waals surface area contributed by atoms with Gasteiger partial charge in [0.2, 0.25) is 15.9 Å². The lowest BCUT2D eigenvalue weighted by Crippen LogP contribution is -2.50. The summed E-state index contributed by atoms with van der Waals surface area (Å²) in [6.07, 6.45) is 0.682. The number of carbonyl (C=O) groups excluding carboxylic acids is 1. The summed E-state index contributed by atoms with van der Waals surface area (Å²) >= 11 is 6.14. The van der Waals surface area contributed by atoms with Crippen molar-refractivity contribution in [3.63, 3.8) is 0 Å². The fraction of sp³-hybridized carbons (Fsp3) is 0.350. The lowest BCUT2D eigenvalue weighted by molar-refractivity contribution is -0.122. The number of hydrogen-bond donors (Lipinski definition) is 1. The van der Waals surface area contributed by atoms with Crippen molar-refractivity contribution in [2.45, 2.75) is 26.0 Å². The zero-order valence-corrected chi connectivity index (χ0v) is 18.0. The molecule has 3 rings (SSSR count). The number of halogens is 1. The van der Waals surface area contributed by atoms with Crippen LogP contribution in [0.25, 0.3) is 0 Å². The second-order valence-electron chi connectivity index (χ2n) is 6.91. The van der Waals surface area contributed by atoms with Crippen LogP contribution in [0.2, 0.25) is 5.02 Å². The average molecular weight is 439 g/mol. The van der Waals surface area contributed by atoms with Crippen LogP contribution in [0.3, 0.4) is 0 Å². The van der Waals surface area contributed by atoms with E-state index in [1.807, 2.05) is 25.1 Å². The Hall–Kier alpha value is -2.45. The molecule has 2 aromatic rings. The highest BCUT2D eigenvalue weighted by atomic mass is 35.5. The summed E-state index contributed by atoms with van der Waals surface area (Å²) in [5.74, 6) is 0.815.